The summed E-state index contributed by atoms with van der Waals surface area (Å²) in [6.07, 6.45) is 0. The summed E-state index contributed by atoms with van der Waals surface area (Å²) in [6.45, 7) is 0. The van der Waals surface area contributed by atoms with Crippen molar-refractivity contribution in [3.05, 3.63) is 54.1 Å². The Morgan fingerprint density at radius 1 is 1.00 bits per heavy atom. The first-order chi connectivity index (χ1) is 9.06. The summed E-state index contributed by atoms with van der Waals surface area (Å²) in [6, 6.07) is 11.8. The van der Waals surface area contributed by atoms with E-state index in [4.69, 9.17) is 9.84 Å². The zero-order valence-corrected chi connectivity index (χ0v) is 10.4. The van der Waals surface area contributed by atoms with Gasteiger partial charge >= 0.3 is 5.97 Å². The van der Waals surface area contributed by atoms with Crippen LogP contribution in [0.15, 0.2) is 53.4 Å². The van der Waals surface area contributed by atoms with Gasteiger partial charge in [0.1, 0.15) is 11.5 Å². The highest BCUT2D eigenvalue weighted by molar-refractivity contribution is 7.79. The van der Waals surface area contributed by atoms with Gasteiger partial charge in [-0.2, -0.15) is 0 Å². The zero-order chi connectivity index (χ0) is 13.8. The SMILES string of the molecule is O=C(O)c1ccc(Oc2ccc(S(=O)[O-])cc2)cc1. The third-order valence-electron chi connectivity index (χ3n) is 2.35. The fourth-order valence-corrected chi connectivity index (χ4v) is 1.78. The van der Waals surface area contributed by atoms with Gasteiger partial charge in [-0.25, -0.2) is 4.79 Å². The van der Waals surface area contributed by atoms with Crippen LogP contribution < -0.4 is 4.74 Å². The highest BCUT2D eigenvalue weighted by atomic mass is 32.2. The van der Waals surface area contributed by atoms with Crippen LogP contribution in [-0.2, 0) is 11.1 Å². The molecule has 0 heterocycles. The topological polar surface area (TPSA) is 86.7 Å². The van der Waals surface area contributed by atoms with Crippen molar-refractivity contribution < 1.29 is 23.4 Å². The predicted octanol–water partition coefficient (Wildman–Crippen LogP) is 2.42. The second kappa shape index (κ2) is 5.64. The quantitative estimate of drug-likeness (QED) is 0.867. The molecule has 0 amide bonds. The van der Waals surface area contributed by atoms with Gasteiger partial charge in [0.05, 0.1) is 5.56 Å². The molecule has 0 aromatic heterocycles. The second-order valence-electron chi connectivity index (χ2n) is 3.64. The van der Waals surface area contributed by atoms with Gasteiger partial charge in [0.25, 0.3) is 0 Å². The highest BCUT2D eigenvalue weighted by Gasteiger charge is 2.03. The summed E-state index contributed by atoms with van der Waals surface area (Å²) < 4.78 is 26.8. The first kappa shape index (κ1) is 13.3. The molecule has 0 spiro atoms. The van der Waals surface area contributed by atoms with Crippen molar-refractivity contribution in [2.24, 2.45) is 0 Å². The maximum absolute atomic E-state index is 10.7. The first-order valence-corrected chi connectivity index (χ1v) is 6.34. The molecular weight excluding hydrogens is 268 g/mol. The van der Waals surface area contributed by atoms with Crippen LogP contribution in [-0.4, -0.2) is 19.8 Å². The van der Waals surface area contributed by atoms with E-state index in [9.17, 15) is 13.6 Å². The number of carboxylic acid groups (broad SMARTS) is 1. The number of aromatic carboxylic acids is 1. The van der Waals surface area contributed by atoms with E-state index in [0.717, 1.165) is 0 Å². The Hall–Kier alpha value is -2.18. The van der Waals surface area contributed by atoms with Crippen LogP contribution >= 0.6 is 0 Å². The van der Waals surface area contributed by atoms with Crippen molar-refractivity contribution in [2.75, 3.05) is 0 Å². The Bertz CT molecular complexity index is 548. The van der Waals surface area contributed by atoms with Crippen LogP contribution in [0, 0.1) is 0 Å². The number of benzene rings is 2. The van der Waals surface area contributed by atoms with Gasteiger partial charge in [-0.15, -0.1) is 0 Å². The maximum Gasteiger partial charge on any atom is 0.335 e. The lowest BCUT2D eigenvalue weighted by Crippen LogP contribution is -1.95. The molecule has 2 rings (SSSR count). The molecule has 0 bridgehead atoms. The summed E-state index contributed by atoms with van der Waals surface area (Å²) in [7, 11) is 0. The Balaban J connectivity index is 2.12. The molecule has 0 aliphatic heterocycles. The van der Waals surface area contributed by atoms with Crippen LogP contribution in [0.5, 0.6) is 11.5 Å². The normalized spacial score (nSPS) is 11.8. The molecule has 98 valence electrons. The van der Waals surface area contributed by atoms with Crippen molar-refractivity contribution in [1.29, 1.82) is 0 Å². The highest BCUT2D eigenvalue weighted by Crippen LogP contribution is 2.22. The Kier molecular flexibility index (Phi) is 3.94. The molecule has 2 aromatic carbocycles. The summed E-state index contributed by atoms with van der Waals surface area (Å²) >= 11 is -2.26. The minimum atomic E-state index is -2.26. The Labute approximate surface area is 111 Å². The van der Waals surface area contributed by atoms with E-state index in [0.29, 0.717) is 11.5 Å². The predicted molar refractivity (Wildman–Crippen MR) is 67.1 cm³/mol. The van der Waals surface area contributed by atoms with Gasteiger partial charge in [0, 0.05) is 4.90 Å². The lowest BCUT2D eigenvalue weighted by Gasteiger charge is -2.08. The molecule has 5 nitrogen and oxygen atoms in total. The van der Waals surface area contributed by atoms with Crippen LogP contribution in [0.25, 0.3) is 0 Å². The van der Waals surface area contributed by atoms with Gasteiger partial charge in [0.2, 0.25) is 0 Å². The fraction of sp³-hybridized carbons (Fsp3) is 0. The molecule has 1 atom stereocenters. The Morgan fingerprint density at radius 3 is 1.89 bits per heavy atom. The standard InChI is InChI=1S/C13H10O5S/c14-13(15)9-1-3-10(4-2-9)18-11-5-7-12(8-6-11)19(16)17/h1-8H,(H,14,15)(H,16,17)/p-1. The molecular formula is C13H9O5S-. The van der Waals surface area contributed by atoms with E-state index in [-0.39, 0.29) is 10.5 Å². The number of carboxylic acids is 1. The van der Waals surface area contributed by atoms with Gasteiger partial charge in [-0.1, -0.05) is 0 Å². The summed E-state index contributed by atoms with van der Waals surface area (Å²) in [4.78, 5) is 10.8. The van der Waals surface area contributed by atoms with Crippen molar-refractivity contribution in [3.63, 3.8) is 0 Å². The van der Waals surface area contributed by atoms with Gasteiger partial charge in [0.15, 0.2) is 0 Å². The largest absolute Gasteiger partial charge is 0.768 e. The molecule has 1 unspecified atom stereocenters. The number of hydrogen-bond acceptors (Lipinski definition) is 4. The van der Waals surface area contributed by atoms with Crippen molar-refractivity contribution >= 4 is 17.0 Å². The summed E-state index contributed by atoms with van der Waals surface area (Å²) in [5.74, 6) is -0.0629. The molecule has 0 aliphatic rings. The van der Waals surface area contributed by atoms with Crippen LogP contribution in [0.1, 0.15) is 10.4 Å². The van der Waals surface area contributed by atoms with E-state index in [2.05, 4.69) is 0 Å². The number of ether oxygens (including phenoxy) is 1. The molecule has 0 saturated heterocycles. The van der Waals surface area contributed by atoms with E-state index in [1.807, 2.05) is 0 Å². The lowest BCUT2D eigenvalue weighted by atomic mass is 10.2. The van der Waals surface area contributed by atoms with E-state index < -0.39 is 17.0 Å². The molecule has 19 heavy (non-hydrogen) atoms. The molecule has 0 saturated carbocycles. The molecule has 0 aliphatic carbocycles. The lowest BCUT2D eigenvalue weighted by molar-refractivity contribution is 0.0697. The number of carbonyl (C=O) groups is 1. The minimum absolute atomic E-state index is 0.171. The smallest absolute Gasteiger partial charge is 0.335 e. The maximum atomic E-state index is 10.7. The Morgan fingerprint density at radius 2 is 1.47 bits per heavy atom. The van der Waals surface area contributed by atoms with Gasteiger partial charge in [-0.05, 0) is 59.6 Å². The number of hydrogen-bond donors (Lipinski definition) is 1. The average molecular weight is 277 g/mol. The van der Waals surface area contributed by atoms with Crippen LogP contribution in [0.4, 0.5) is 0 Å². The molecule has 0 radical (unpaired) electrons. The summed E-state index contributed by atoms with van der Waals surface area (Å²) in [5.41, 5.74) is 0.171. The minimum Gasteiger partial charge on any atom is -0.768 e. The first-order valence-electron chi connectivity index (χ1n) is 5.27. The second-order valence-corrected chi connectivity index (χ2v) is 4.58. The van der Waals surface area contributed by atoms with E-state index in [1.54, 1.807) is 0 Å². The van der Waals surface area contributed by atoms with Gasteiger partial charge in [-0.3, -0.25) is 4.21 Å². The molecule has 6 heteroatoms. The summed E-state index contributed by atoms with van der Waals surface area (Å²) in [5, 5.41) is 8.75. The number of rotatable bonds is 4. The monoisotopic (exact) mass is 277 g/mol. The van der Waals surface area contributed by atoms with Crippen LogP contribution in [0.2, 0.25) is 0 Å². The fourth-order valence-electron chi connectivity index (χ4n) is 1.42. The third-order valence-corrected chi connectivity index (χ3v) is 3.01. The molecule has 1 N–H and O–H groups in total. The average Bonchev–Trinajstić information content (AvgIpc) is 2.40. The van der Waals surface area contributed by atoms with Gasteiger partial charge < -0.3 is 14.4 Å². The molecule has 0 fully saturated rings. The van der Waals surface area contributed by atoms with Crippen molar-refractivity contribution in [2.45, 2.75) is 4.90 Å². The molecule has 2 aromatic rings. The van der Waals surface area contributed by atoms with Crippen molar-refractivity contribution in [3.8, 4) is 11.5 Å². The van der Waals surface area contributed by atoms with Crippen molar-refractivity contribution in [1.82, 2.24) is 0 Å². The zero-order valence-electron chi connectivity index (χ0n) is 9.61. The van der Waals surface area contributed by atoms with E-state index in [1.165, 1.54) is 48.5 Å². The van der Waals surface area contributed by atoms with Crippen LogP contribution in [0.3, 0.4) is 0 Å². The third kappa shape index (κ3) is 3.40. The van der Waals surface area contributed by atoms with E-state index >= 15 is 0 Å².